The molecule has 2 nitrogen and oxygen atoms in total. The second-order valence-electron chi connectivity index (χ2n) is 6.20. The number of methoxy groups -OCH3 is 1. The van der Waals surface area contributed by atoms with Crippen LogP contribution in [0.1, 0.15) is 62.6 Å². The molecule has 1 aliphatic carbocycles. The molecule has 0 bridgehead atoms. The van der Waals surface area contributed by atoms with Crippen LogP contribution in [-0.4, -0.2) is 20.3 Å². The predicted molar refractivity (Wildman–Crippen MR) is 85.1 cm³/mol. The van der Waals surface area contributed by atoms with Crippen molar-refractivity contribution in [3.8, 4) is 0 Å². The van der Waals surface area contributed by atoms with E-state index in [4.69, 9.17) is 4.74 Å². The Hall–Kier alpha value is -0.860. The van der Waals surface area contributed by atoms with Crippen LogP contribution in [0.4, 0.5) is 0 Å². The fraction of sp³-hybridized carbons (Fsp3) is 0.667. The molecule has 0 radical (unpaired) electrons. The van der Waals surface area contributed by atoms with Crippen LogP contribution < -0.4 is 5.32 Å². The Labute approximate surface area is 123 Å². The fourth-order valence-corrected chi connectivity index (χ4v) is 3.11. The SMILES string of the molecule is CCNC(CC(C)COC)c1cccc(C2CCC2)c1. The highest BCUT2D eigenvalue weighted by Crippen LogP contribution is 2.37. The molecule has 2 unspecified atom stereocenters. The van der Waals surface area contributed by atoms with Gasteiger partial charge in [0.25, 0.3) is 0 Å². The van der Waals surface area contributed by atoms with Crippen molar-refractivity contribution >= 4 is 0 Å². The van der Waals surface area contributed by atoms with Gasteiger partial charge < -0.3 is 10.1 Å². The van der Waals surface area contributed by atoms with Crippen molar-refractivity contribution in [2.24, 2.45) is 5.92 Å². The van der Waals surface area contributed by atoms with Crippen molar-refractivity contribution in [2.45, 2.75) is 51.5 Å². The van der Waals surface area contributed by atoms with Crippen molar-refractivity contribution in [3.05, 3.63) is 35.4 Å². The molecule has 0 aliphatic heterocycles. The van der Waals surface area contributed by atoms with E-state index in [1.165, 1.54) is 30.4 Å². The van der Waals surface area contributed by atoms with Gasteiger partial charge in [-0.2, -0.15) is 0 Å². The maximum absolute atomic E-state index is 5.28. The van der Waals surface area contributed by atoms with Crippen LogP contribution in [0.15, 0.2) is 24.3 Å². The second-order valence-corrected chi connectivity index (χ2v) is 6.20. The van der Waals surface area contributed by atoms with E-state index in [2.05, 4.69) is 43.4 Å². The van der Waals surface area contributed by atoms with E-state index in [1.54, 1.807) is 7.11 Å². The highest BCUT2D eigenvalue weighted by Gasteiger charge is 2.21. The molecule has 0 saturated heterocycles. The Morgan fingerprint density at radius 3 is 2.75 bits per heavy atom. The summed E-state index contributed by atoms with van der Waals surface area (Å²) in [7, 11) is 1.79. The largest absolute Gasteiger partial charge is 0.384 e. The summed E-state index contributed by atoms with van der Waals surface area (Å²) >= 11 is 0. The summed E-state index contributed by atoms with van der Waals surface area (Å²) in [6, 6.07) is 9.68. The molecule has 2 atom stereocenters. The molecule has 1 N–H and O–H groups in total. The van der Waals surface area contributed by atoms with Crippen molar-refractivity contribution in [2.75, 3.05) is 20.3 Å². The average Bonchev–Trinajstić information content (AvgIpc) is 2.37. The Morgan fingerprint density at radius 2 is 2.15 bits per heavy atom. The molecule has 20 heavy (non-hydrogen) atoms. The zero-order valence-corrected chi connectivity index (χ0v) is 13.2. The number of hydrogen-bond donors (Lipinski definition) is 1. The van der Waals surface area contributed by atoms with Crippen molar-refractivity contribution in [1.82, 2.24) is 5.32 Å². The topological polar surface area (TPSA) is 21.3 Å². The first-order chi connectivity index (χ1) is 9.74. The van der Waals surface area contributed by atoms with E-state index in [-0.39, 0.29) is 0 Å². The van der Waals surface area contributed by atoms with Crippen LogP contribution >= 0.6 is 0 Å². The maximum Gasteiger partial charge on any atom is 0.0488 e. The summed E-state index contributed by atoms with van der Waals surface area (Å²) in [5.41, 5.74) is 2.98. The van der Waals surface area contributed by atoms with E-state index in [0.717, 1.165) is 25.5 Å². The molecule has 1 saturated carbocycles. The molecule has 2 heteroatoms. The third-order valence-electron chi connectivity index (χ3n) is 4.43. The average molecular weight is 275 g/mol. The summed E-state index contributed by atoms with van der Waals surface area (Å²) < 4.78 is 5.28. The van der Waals surface area contributed by atoms with Gasteiger partial charge in [-0.25, -0.2) is 0 Å². The van der Waals surface area contributed by atoms with Crippen LogP contribution in [-0.2, 0) is 4.74 Å². The van der Waals surface area contributed by atoms with Crippen molar-refractivity contribution in [3.63, 3.8) is 0 Å². The highest BCUT2D eigenvalue weighted by atomic mass is 16.5. The van der Waals surface area contributed by atoms with Crippen LogP contribution in [0.5, 0.6) is 0 Å². The predicted octanol–water partition coefficient (Wildman–Crippen LogP) is 4.28. The third-order valence-corrected chi connectivity index (χ3v) is 4.43. The van der Waals surface area contributed by atoms with Gasteiger partial charge in [0.15, 0.2) is 0 Å². The Bertz CT molecular complexity index is 400. The molecule has 1 aromatic rings. The zero-order chi connectivity index (χ0) is 14.4. The number of rotatable bonds is 8. The first-order valence-corrected chi connectivity index (χ1v) is 8.06. The monoisotopic (exact) mass is 275 g/mol. The second kappa shape index (κ2) is 7.80. The lowest BCUT2D eigenvalue weighted by molar-refractivity contribution is 0.149. The lowest BCUT2D eigenvalue weighted by Gasteiger charge is -2.28. The molecular weight excluding hydrogens is 246 g/mol. The van der Waals surface area contributed by atoms with E-state index < -0.39 is 0 Å². The molecule has 0 amide bonds. The minimum Gasteiger partial charge on any atom is -0.384 e. The summed E-state index contributed by atoms with van der Waals surface area (Å²) in [4.78, 5) is 0. The lowest BCUT2D eigenvalue weighted by Crippen LogP contribution is -2.24. The standard InChI is InChI=1S/C18H29NO/c1-4-19-18(11-14(2)13-20-3)17-10-6-9-16(12-17)15-7-5-8-15/h6,9-10,12,14-15,18-19H,4-5,7-8,11,13H2,1-3H3. The summed E-state index contributed by atoms with van der Waals surface area (Å²) in [5.74, 6) is 1.39. The minimum atomic E-state index is 0.449. The van der Waals surface area contributed by atoms with E-state index in [1.807, 2.05) is 0 Å². The van der Waals surface area contributed by atoms with Crippen LogP contribution in [0.3, 0.4) is 0 Å². The maximum atomic E-state index is 5.28. The molecule has 0 spiro atoms. The van der Waals surface area contributed by atoms with Gasteiger partial charge in [-0.1, -0.05) is 44.5 Å². The summed E-state index contributed by atoms with van der Waals surface area (Å²) in [5, 5.41) is 3.63. The molecular formula is C18H29NO. The van der Waals surface area contributed by atoms with Crippen LogP contribution in [0.2, 0.25) is 0 Å². The normalized spacial score (nSPS) is 18.6. The molecule has 112 valence electrons. The van der Waals surface area contributed by atoms with Gasteiger partial charge in [0.05, 0.1) is 0 Å². The van der Waals surface area contributed by atoms with Gasteiger partial charge in [-0.3, -0.25) is 0 Å². The van der Waals surface area contributed by atoms with Gasteiger partial charge in [-0.15, -0.1) is 0 Å². The quantitative estimate of drug-likeness (QED) is 0.764. The smallest absolute Gasteiger partial charge is 0.0488 e. The zero-order valence-electron chi connectivity index (χ0n) is 13.2. The van der Waals surface area contributed by atoms with Gasteiger partial charge in [0, 0.05) is 19.8 Å². The molecule has 0 heterocycles. The summed E-state index contributed by atoms with van der Waals surface area (Å²) in [6.45, 7) is 6.30. The highest BCUT2D eigenvalue weighted by molar-refractivity contribution is 5.29. The molecule has 2 rings (SSSR count). The lowest BCUT2D eigenvalue weighted by atomic mass is 9.79. The molecule has 1 aromatic carbocycles. The van der Waals surface area contributed by atoms with E-state index in [9.17, 15) is 0 Å². The Balaban J connectivity index is 2.07. The Kier molecular flexibility index (Phi) is 6.06. The first-order valence-electron chi connectivity index (χ1n) is 8.06. The molecule has 0 aromatic heterocycles. The number of nitrogens with one attached hydrogen (secondary N) is 1. The number of hydrogen-bond acceptors (Lipinski definition) is 2. The van der Waals surface area contributed by atoms with Gasteiger partial charge in [0.1, 0.15) is 0 Å². The van der Waals surface area contributed by atoms with Gasteiger partial charge >= 0.3 is 0 Å². The van der Waals surface area contributed by atoms with Crippen molar-refractivity contribution < 1.29 is 4.74 Å². The molecule has 1 fully saturated rings. The summed E-state index contributed by atoms with van der Waals surface area (Å²) in [6.07, 6.45) is 5.27. The van der Waals surface area contributed by atoms with Crippen LogP contribution in [0, 0.1) is 5.92 Å². The van der Waals surface area contributed by atoms with Crippen molar-refractivity contribution in [1.29, 1.82) is 0 Å². The fourth-order valence-electron chi connectivity index (χ4n) is 3.11. The van der Waals surface area contributed by atoms with Gasteiger partial charge in [0.2, 0.25) is 0 Å². The van der Waals surface area contributed by atoms with Gasteiger partial charge in [-0.05, 0) is 48.8 Å². The minimum absolute atomic E-state index is 0.449. The first kappa shape index (κ1) is 15.5. The van der Waals surface area contributed by atoms with E-state index >= 15 is 0 Å². The molecule has 1 aliphatic rings. The Morgan fingerprint density at radius 1 is 1.35 bits per heavy atom. The van der Waals surface area contributed by atoms with Crippen LogP contribution in [0.25, 0.3) is 0 Å². The third kappa shape index (κ3) is 4.07. The number of ether oxygens (including phenoxy) is 1. The number of benzene rings is 1. The van der Waals surface area contributed by atoms with E-state index in [0.29, 0.717) is 12.0 Å².